The lowest BCUT2D eigenvalue weighted by Gasteiger charge is -2.12. The highest BCUT2D eigenvalue weighted by Crippen LogP contribution is 2.46. The maximum Gasteiger partial charge on any atom is -0.0357 e. The molecule has 1 aliphatic carbocycles. The molecule has 0 radical (unpaired) electrons. The summed E-state index contributed by atoms with van der Waals surface area (Å²) in [6.45, 7) is 7.05. The van der Waals surface area contributed by atoms with Gasteiger partial charge in [0.15, 0.2) is 0 Å². The highest BCUT2D eigenvalue weighted by atomic mass is 14.4. The van der Waals surface area contributed by atoms with E-state index in [4.69, 9.17) is 0 Å². The van der Waals surface area contributed by atoms with Crippen molar-refractivity contribution in [3.05, 3.63) is 0 Å². The van der Waals surface area contributed by atoms with Crippen molar-refractivity contribution in [3.8, 4) is 0 Å². The highest BCUT2D eigenvalue weighted by Gasteiger charge is 2.37. The predicted molar refractivity (Wildman–Crippen MR) is 50.6 cm³/mol. The molecule has 0 nitrogen and oxygen atoms in total. The van der Waals surface area contributed by atoms with E-state index in [0.717, 1.165) is 17.8 Å². The summed E-state index contributed by atoms with van der Waals surface area (Å²) in [5, 5.41) is 0. The molecule has 0 saturated heterocycles. The third-order valence-corrected chi connectivity index (χ3v) is 3.23. The molecule has 1 fully saturated rings. The van der Waals surface area contributed by atoms with Crippen LogP contribution in [0.15, 0.2) is 0 Å². The molecular formula is C11H22. The summed E-state index contributed by atoms with van der Waals surface area (Å²) in [5.41, 5.74) is 0. The van der Waals surface area contributed by atoms with Gasteiger partial charge in [0.25, 0.3) is 0 Å². The van der Waals surface area contributed by atoms with Crippen molar-refractivity contribution < 1.29 is 0 Å². The van der Waals surface area contributed by atoms with Crippen molar-refractivity contribution in [1.82, 2.24) is 0 Å². The molecule has 2 unspecified atom stereocenters. The van der Waals surface area contributed by atoms with Crippen molar-refractivity contribution in [1.29, 1.82) is 0 Å². The summed E-state index contributed by atoms with van der Waals surface area (Å²) in [6, 6.07) is 0. The van der Waals surface area contributed by atoms with Gasteiger partial charge in [-0.05, 0) is 24.2 Å². The monoisotopic (exact) mass is 154 g/mol. The molecule has 0 heterocycles. The predicted octanol–water partition coefficient (Wildman–Crippen LogP) is 3.86. The van der Waals surface area contributed by atoms with Gasteiger partial charge in [-0.2, -0.15) is 0 Å². The largest absolute Gasteiger partial charge is 0.0654 e. The van der Waals surface area contributed by atoms with E-state index in [1.54, 1.807) is 0 Å². The average molecular weight is 154 g/mol. The molecule has 0 aliphatic heterocycles. The molecule has 1 aliphatic rings. The zero-order chi connectivity index (χ0) is 8.27. The SMILES string of the molecule is CCCCC(CC)[C@H]1CC1C. The number of unbranched alkanes of at least 4 members (excludes halogenated alkanes) is 1. The van der Waals surface area contributed by atoms with Gasteiger partial charge in [0.1, 0.15) is 0 Å². The van der Waals surface area contributed by atoms with E-state index >= 15 is 0 Å². The van der Waals surface area contributed by atoms with E-state index in [1.165, 1.54) is 32.1 Å². The summed E-state index contributed by atoms with van der Waals surface area (Å²) in [6.07, 6.45) is 7.23. The molecule has 0 aromatic rings. The zero-order valence-corrected chi connectivity index (χ0v) is 8.27. The van der Waals surface area contributed by atoms with E-state index in [0.29, 0.717) is 0 Å². The Labute approximate surface area is 71.4 Å². The first-order valence-corrected chi connectivity index (χ1v) is 5.29. The average Bonchev–Trinajstić information content (AvgIpc) is 2.69. The Hall–Kier alpha value is 0. The number of rotatable bonds is 5. The Morgan fingerprint density at radius 2 is 2.00 bits per heavy atom. The first-order valence-electron chi connectivity index (χ1n) is 5.29. The van der Waals surface area contributed by atoms with Crippen LogP contribution < -0.4 is 0 Å². The second kappa shape index (κ2) is 4.13. The minimum atomic E-state index is 1.05. The van der Waals surface area contributed by atoms with Gasteiger partial charge in [0.2, 0.25) is 0 Å². The lowest BCUT2D eigenvalue weighted by atomic mass is 9.93. The van der Waals surface area contributed by atoms with Crippen molar-refractivity contribution in [2.24, 2.45) is 17.8 Å². The van der Waals surface area contributed by atoms with Gasteiger partial charge < -0.3 is 0 Å². The fourth-order valence-electron chi connectivity index (χ4n) is 2.20. The molecule has 0 N–H and O–H groups in total. The molecule has 0 heteroatoms. The summed E-state index contributed by atoms with van der Waals surface area (Å²) in [4.78, 5) is 0. The molecule has 1 saturated carbocycles. The van der Waals surface area contributed by atoms with Crippen LogP contribution in [0.25, 0.3) is 0 Å². The maximum atomic E-state index is 2.40. The Balaban J connectivity index is 2.15. The van der Waals surface area contributed by atoms with Crippen LogP contribution in [-0.2, 0) is 0 Å². The minimum absolute atomic E-state index is 1.05. The van der Waals surface area contributed by atoms with Gasteiger partial charge in [-0.15, -0.1) is 0 Å². The van der Waals surface area contributed by atoms with E-state index in [1.807, 2.05) is 0 Å². The van der Waals surface area contributed by atoms with Crippen LogP contribution in [0.1, 0.15) is 52.9 Å². The van der Waals surface area contributed by atoms with E-state index in [-0.39, 0.29) is 0 Å². The summed E-state index contributed by atoms with van der Waals surface area (Å²) in [7, 11) is 0. The van der Waals surface area contributed by atoms with Gasteiger partial charge in [-0.1, -0.05) is 46.5 Å². The third kappa shape index (κ3) is 2.50. The fraction of sp³-hybridized carbons (Fsp3) is 1.00. The molecular weight excluding hydrogens is 132 g/mol. The molecule has 11 heavy (non-hydrogen) atoms. The van der Waals surface area contributed by atoms with E-state index in [9.17, 15) is 0 Å². The lowest BCUT2D eigenvalue weighted by Crippen LogP contribution is -2.02. The first-order chi connectivity index (χ1) is 5.29. The van der Waals surface area contributed by atoms with Gasteiger partial charge in [-0.25, -0.2) is 0 Å². The fourth-order valence-corrected chi connectivity index (χ4v) is 2.20. The van der Waals surface area contributed by atoms with Crippen LogP contribution in [0.2, 0.25) is 0 Å². The summed E-state index contributed by atoms with van der Waals surface area (Å²) in [5.74, 6) is 3.22. The molecule has 0 amide bonds. The van der Waals surface area contributed by atoms with Crippen LogP contribution >= 0.6 is 0 Å². The van der Waals surface area contributed by atoms with Crippen molar-refractivity contribution in [2.45, 2.75) is 52.9 Å². The Kier molecular flexibility index (Phi) is 3.42. The standard InChI is InChI=1S/C11H22/c1-4-6-7-10(5-2)11-8-9(11)3/h9-11H,4-8H2,1-3H3/t9?,10?,11-/m0/s1. The molecule has 0 aromatic heterocycles. The van der Waals surface area contributed by atoms with Gasteiger partial charge >= 0.3 is 0 Å². The molecule has 0 bridgehead atoms. The lowest BCUT2D eigenvalue weighted by molar-refractivity contribution is 0.385. The minimum Gasteiger partial charge on any atom is -0.0654 e. The molecule has 3 atom stereocenters. The van der Waals surface area contributed by atoms with Gasteiger partial charge in [-0.3, -0.25) is 0 Å². The molecule has 66 valence electrons. The highest BCUT2D eigenvalue weighted by molar-refractivity contribution is 4.87. The third-order valence-electron chi connectivity index (χ3n) is 3.23. The van der Waals surface area contributed by atoms with Gasteiger partial charge in [0, 0.05) is 0 Å². The van der Waals surface area contributed by atoms with Crippen LogP contribution in [0.5, 0.6) is 0 Å². The summed E-state index contributed by atoms with van der Waals surface area (Å²) >= 11 is 0. The Bertz CT molecular complexity index is 107. The van der Waals surface area contributed by atoms with E-state index < -0.39 is 0 Å². The number of hydrogen-bond donors (Lipinski definition) is 0. The van der Waals surface area contributed by atoms with Crippen LogP contribution in [-0.4, -0.2) is 0 Å². The Morgan fingerprint density at radius 1 is 1.36 bits per heavy atom. The molecule has 0 spiro atoms. The van der Waals surface area contributed by atoms with E-state index in [2.05, 4.69) is 20.8 Å². The van der Waals surface area contributed by atoms with Crippen molar-refractivity contribution >= 4 is 0 Å². The molecule has 1 rings (SSSR count). The molecule has 0 aromatic carbocycles. The van der Waals surface area contributed by atoms with Crippen molar-refractivity contribution in [3.63, 3.8) is 0 Å². The maximum absolute atomic E-state index is 2.40. The van der Waals surface area contributed by atoms with Crippen LogP contribution in [0.4, 0.5) is 0 Å². The second-order valence-corrected chi connectivity index (χ2v) is 4.19. The second-order valence-electron chi connectivity index (χ2n) is 4.19. The topological polar surface area (TPSA) is 0 Å². The van der Waals surface area contributed by atoms with Gasteiger partial charge in [0.05, 0.1) is 0 Å². The normalized spacial score (nSPS) is 31.9. The van der Waals surface area contributed by atoms with Crippen LogP contribution in [0.3, 0.4) is 0 Å². The Morgan fingerprint density at radius 3 is 2.36 bits per heavy atom. The zero-order valence-electron chi connectivity index (χ0n) is 8.27. The summed E-state index contributed by atoms with van der Waals surface area (Å²) < 4.78 is 0. The van der Waals surface area contributed by atoms with Crippen LogP contribution in [0, 0.1) is 17.8 Å². The smallest absolute Gasteiger partial charge is 0.0357 e. The quantitative estimate of drug-likeness (QED) is 0.564. The number of hydrogen-bond acceptors (Lipinski definition) is 0. The first kappa shape index (κ1) is 9.09. The van der Waals surface area contributed by atoms with Crippen molar-refractivity contribution in [2.75, 3.05) is 0 Å².